The summed E-state index contributed by atoms with van der Waals surface area (Å²) in [7, 11) is 0. The van der Waals surface area contributed by atoms with Gasteiger partial charge in [0.05, 0.1) is 5.92 Å². The molecule has 4 saturated carbocycles. The van der Waals surface area contributed by atoms with Gasteiger partial charge in [0.1, 0.15) is 5.71 Å². The van der Waals surface area contributed by atoms with Crippen molar-refractivity contribution in [3.05, 3.63) is 0 Å². The predicted molar refractivity (Wildman–Crippen MR) is 68.8 cm³/mol. The van der Waals surface area contributed by atoms with Crippen LogP contribution in [0.15, 0.2) is 4.99 Å². The third-order valence-corrected chi connectivity index (χ3v) is 6.01. The van der Waals surface area contributed by atoms with E-state index in [0.717, 1.165) is 37.0 Å². The van der Waals surface area contributed by atoms with Gasteiger partial charge in [-0.05, 0) is 61.7 Å². The van der Waals surface area contributed by atoms with Crippen molar-refractivity contribution in [1.29, 1.82) is 0 Å². The summed E-state index contributed by atoms with van der Waals surface area (Å²) in [5.41, 5.74) is 0.178. The summed E-state index contributed by atoms with van der Waals surface area (Å²) in [5.74, 6) is 1.06. The molecule has 0 spiro atoms. The van der Waals surface area contributed by atoms with Crippen LogP contribution in [0.1, 0.15) is 44.9 Å². The Morgan fingerprint density at radius 1 is 1.11 bits per heavy atom. The first-order chi connectivity index (χ1) is 9.06. The summed E-state index contributed by atoms with van der Waals surface area (Å²) in [4.78, 5) is 27.0. The van der Waals surface area contributed by atoms with E-state index < -0.39 is 5.97 Å². The number of nitrogens with zero attached hydrogens (tertiary/aromatic N) is 1. The highest BCUT2D eigenvalue weighted by Gasteiger charge is 2.57. The van der Waals surface area contributed by atoms with Gasteiger partial charge in [-0.3, -0.25) is 4.79 Å². The Balaban J connectivity index is 1.63. The molecule has 4 nitrogen and oxygen atoms in total. The van der Waals surface area contributed by atoms with E-state index in [0.29, 0.717) is 6.42 Å². The van der Waals surface area contributed by atoms with Crippen LogP contribution in [0.4, 0.5) is 0 Å². The zero-order valence-electron chi connectivity index (χ0n) is 11.0. The third kappa shape index (κ3) is 1.61. The lowest BCUT2D eigenvalue weighted by molar-refractivity contribution is -0.135. The molecule has 1 aliphatic heterocycles. The van der Waals surface area contributed by atoms with Crippen molar-refractivity contribution in [3.8, 4) is 0 Å². The number of carbonyl (C=O) groups excluding carboxylic acids is 1. The van der Waals surface area contributed by atoms with Crippen LogP contribution in [0.5, 0.6) is 0 Å². The number of hydrogen-bond acceptors (Lipinski definition) is 2. The van der Waals surface area contributed by atoms with Crippen molar-refractivity contribution < 1.29 is 14.7 Å². The molecule has 102 valence electrons. The Bertz CT molecular complexity index is 458. The standard InChI is InChI=1S/C15H19NO3/c17-13-11(4-12(16-13)14(18)19)15-5-8-1-9(6-15)3-10(2-8)7-15/h8-11H,1-7H2,(H,18,19). The summed E-state index contributed by atoms with van der Waals surface area (Å²) in [6.45, 7) is 0. The molecule has 4 bridgehead atoms. The molecule has 1 amide bonds. The lowest BCUT2D eigenvalue weighted by Crippen LogP contribution is -2.50. The van der Waals surface area contributed by atoms with Crippen LogP contribution in [-0.2, 0) is 9.59 Å². The smallest absolute Gasteiger partial charge is 0.350 e. The first-order valence-corrected chi connectivity index (χ1v) is 7.40. The lowest BCUT2D eigenvalue weighted by Gasteiger charge is -2.58. The largest absolute Gasteiger partial charge is 0.477 e. The highest BCUT2D eigenvalue weighted by Crippen LogP contribution is 2.63. The summed E-state index contributed by atoms with van der Waals surface area (Å²) < 4.78 is 0. The second kappa shape index (κ2) is 3.68. The molecule has 1 N–H and O–H groups in total. The summed E-state index contributed by atoms with van der Waals surface area (Å²) >= 11 is 0. The van der Waals surface area contributed by atoms with E-state index in [4.69, 9.17) is 5.11 Å². The predicted octanol–water partition coefficient (Wildman–Crippen LogP) is 2.27. The highest BCUT2D eigenvalue weighted by atomic mass is 16.4. The van der Waals surface area contributed by atoms with Crippen LogP contribution >= 0.6 is 0 Å². The van der Waals surface area contributed by atoms with Crippen molar-refractivity contribution in [2.45, 2.75) is 44.9 Å². The molecule has 0 aromatic heterocycles. The molecule has 0 aromatic rings. The van der Waals surface area contributed by atoms with Gasteiger partial charge in [0.2, 0.25) is 5.91 Å². The molecule has 0 radical (unpaired) electrons. The molecule has 0 aromatic carbocycles. The van der Waals surface area contributed by atoms with Gasteiger partial charge in [-0.15, -0.1) is 0 Å². The van der Waals surface area contributed by atoms with Crippen LogP contribution < -0.4 is 0 Å². The molecule has 1 atom stereocenters. The second-order valence-electron chi connectivity index (χ2n) is 7.24. The molecule has 1 heterocycles. The van der Waals surface area contributed by atoms with E-state index in [-0.39, 0.29) is 23.0 Å². The van der Waals surface area contributed by atoms with Crippen molar-refractivity contribution in [2.24, 2.45) is 34.1 Å². The molecule has 5 aliphatic rings. The second-order valence-corrected chi connectivity index (χ2v) is 7.24. The monoisotopic (exact) mass is 261 g/mol. The van der Waals surface area contributed by atoms with E-state index >= 15 is 0 Å². The minimum absolute atomic E-state index is 0.0887. The molecule has 19 heavy (non-hydrogen) atoms. The number of aliphatic imine (C=N–C) groups is 1. The molecular formula is C15H19NO3. The van der Waals surface area contributed by atoms with Crippen LogP contribution in [0.3, 0.4) is 0 Å². The minimum atomic E-state index is -1.01. The first-order valence-electron chi connectivity index (χ1n) is 7.40. The van der Waals surface area contributed by atoms with Crippen LogP contribution in [0, 0.1) is 29.1 Å². The molecular weight excluding hydrogens is 242 g/mol. The molecule has 4 fully saturated rings. The van der Waals surface area contributed by atoms with Crippen molar-refractivity contribution in [3.63, 3.8) is 0 Å². The number of carboxylic acids is 1. The Kier molecular flexibility index (Phi) is 2.25. The maximum absolute atomic E-state index is 12.2. The Morgan fingerprint density at radius 3 is 2.05 bits per heavy atom. The van der Waals surface area contributed by atoms with Crippen molar-refractivity contribution in [2.75, 3.05) is 0 Å². The zero-order valence-corrected chi connectivity index (χ0v) is 11.0. The fraction of sp³-hybridized carbons (Fsp3) is 0.800. The average Bonchev–Trinajstić information content (AvgIpc) is 2.70. The fourth-order valence-electron chi connectivity index (χ4n) is 5.76. The van der Waals surface area contributed by atoms with Crippen LogP contribution in [0.25, 0.3) is 0 Å². The van der Waals surface area contributed by atoms with Crippen molar-refractivity contribution in [1.82, 2.24) is 0 Å². The Morgan fingerprint density at radius 2 is 1.63 bits per heavy atom. The quantitative estimate of drug-likeness (QED) is 0.829. The number of rotatable bonds is 2. The van der Waals surface area contributed by atoms with Crippen molar-refractivity contribution >= 4 is 17.6 Å². The number of aliphatic carboxylic acids is 1. The van der Waals surface area contributed by atoms with E-state index in [1.807, 2.05) is 0 Å². The van der Waals surface area contributed by atoms with Gasteiger partial charge in [0.15, 0.2) is 0 Å². The van der Waals surface area contributed by atoms with Gasteiger partial charge in [-0.25, -0.2) is 9.79 Å². The maximum atomic E-state index is 12.2. The highest BCUT2D eigenvalue weighted by molar-refractivity contribution is 6.39. The Hall–Kier alpha value is -1.19. The molecule has 1 unspecified atom stereocenters. The van der Waals surface area contributed by atoms with Gasteiger partial charge in [-0.1, -0.05) is 0 Å². The van der Waals surface area contributed by atoms with E-state index in [2.05, 4.69) is 4.99 Å². The van der Waals surface area contributed by atoms with Gasteiger partial charge in [0.25, 0.3) is 0 Å². The van der Waals surface area contributed by atoms with E-state index in [9.17, 15) is 9.59 Å². The summed E-state index contributed by atoms with van der Waals surface area (Å²) in [6.07, 6.45) is 7.81. The average molecular weight is 261 g/mol. The minimum Gasteiger partial charge on any atom is -0.477 e. The van der Waals surface area contributed by atoms with Crippen LogP contribution in [0.2, 0.25) is 0 Å². The fourth-order valence-corrected chi connectivity index (χ4v) is 5.76. The topological polar surface area (TPSA) is 66.7 Å². The molecule has 5 rings (SSSR count). The van der Waals surface area contributed by atoms with Gasteiger partial charge in [0, 0.05) is 6.42 Å². The molecule has 0 saturated heterocycles. The zero-order chi connectivity index (χ0) is 13.2. The summed E-state index contributed by atoms with van der Waals surface area (Å²) in [5, 5.41) is 9.05. The van der Waals surface area contributed by atoms with Crippen LogP contribution in [-0.4, -0.2) is 22.7 Å². The lowest BCUT2D eigenvalue weighted by atomic mass is 9.46. The van der Waals surface area contributed by atoms with Gasteiger partial charge in [-0.2, -0.15) is 0 Å². The van der Waals surface area contributed by atoms with Gasteiger partial charge >= 0.3 is 5.97 Å². The SMILES string of the molecule is O=C(O)C1=NC(=O)C(C23CC4CC(CC(C4)C2)C3)C1. The Labute approximate surface area is 112 Å². The number of carboxylic acid groups (broad SMARTS) is 1. The van der Waals surface area contributed by atoms with E-state index in [1.54, 1.807) is 0 Å². The van der Waals surface area contributed by atoms with Gasteiger partial charge < -0.3 is 5.11 Å². The normalized spacial score (nSPS) is 47.6. The molecule has 4 heteroatoms. The first kappa shape index (κ1) is 11.6. The van der Waals surface area contributed by atoms with E-state index in [1.165, 1.54) is 19.3 Å². The summed E-state index contributed by atoms with van der Waals surface area (Å²) in [6, 6.07) is 0. The molecule has 4 aliphatic carbocycles. The number of hydrogen-bond donors (Lipinski definition) is 1. The number of carbonyl (C=O) groups is 2. The third-order valence-electron chi connectivity index (χ3n) is 6.01. The maximum Gasteiger partial charge on any atom is 0.350 e. The number of amides is 1.